The van der Waals surface area contributed by atoms with E-state index in [0.29, 0.717) is 12.8 Å². The topological polar surface area (TPSA) is 228 Å². The average molecular weight is 1250 g/mol. The number of amides is 1. The number of ether oxygens (including phenoxy) is 4. The third-order valence-corrected chi connectivity index (χ3v) is 16.0. The van der Waals surface area contributed by atoms with Crippen LogP contribution in [-0.2, 0) is 23.7 Å². The Hall–Kier alpha value is -3.87. The van der Waals surface area contributed by atoms with Gasteiger partial charge in [-0.3, -0.25) is 4.79 Å². The first-order chi connectivity index (χ1) is 43.6. The van der Waals surface area contributed by atoms with Gasteiger partial charge in [-0.25, -0.2) is 0 Å². The molecule has 1 amide bonds. The molecule has 0 spiro atoms. The fourth-order valence-electron chi connectivity index (χ4n) is 10.5. The molecule has 0 aromatic carbocycles. The third kappa shape index (κ3) is 42.1. The van der Waals surface area contributed by atoms with Crippen molar-refractivity contribution in [3.8, 4) is 0 Å². The van der Waals surface area contributed by atoms with Crippen molar-refractivity contribution < 1.29 is 64.6 Å². The van der Waals surface area contributed by atoms with E-state index in [2.05, 4.69) is 141 Å². The summed E-state index contributed by atoms with van der Waals surface area (Å²) >= 11 is 0. The summed E-state index contributed by atoms with van der Waals surface area (Å²) in [6.45, 7) is 2.64. The molecule has 0 bridgehead atoms. The molecule has 508 valence electrons. The van der Waals surface area contributed by atoms with Crippen LogP contribution in [-0.4, -0.2) is 140 Å². The maximum Gasteiger partial charge on any atom is 0.220 e. The van der Waals surface area contributed by atoms with Crippen LogP contribution >= 0.6 is 0 Å². The third-order valence-electron chi connectivity index (χ3n) is 16.0. The minimum atomic E-state index is -1.81. The van der Waals surface area contributed by atoms with E-state index in [9.17, 15) is 45.6 Å². The summed E-state index contributed by atoms with van der Waals surface area (Å²) in [4.78, 5) is 13.3. The molecule has 2 aliphatic heterocycles. The van der Waals surface area contributed by atoms with E-state index < -0.39 is 86.8 Å². The molecular formula is C75H125NO13. The molecule has 0 radical (unpaired) electrons. The first kappa shape index (κ1) is 81.2. The SMILES string of the molecule is CC/C=C\C/C=C\C/C=C\C/C=C\C/C=C\C/C=C\C/C=C\C/C=C\CCCCC(=O)NC(COC1OC(CO)C(OC2OC(CO)C(O)C(O)C2O)C(O)C1O)C(O)/C=C/CC/C=C/CC/C=C/CCCCCCCCCCCCCCCCCCCC. The first-order valence-electron chi connectivity index (χ1n) is 34.9. The fourth-order valence-corrected chi connectivity index (χ4v) is 10.5. The molecule has 12 atom stereocenters. The van der Waals surface area contributed by atoms with Gasteiger partial charge in [0.1, 0.15) is 48.8 Å². The zero-order valence-corrected chi connectivity index (χ0v) is 55.1. The summed E-state index contributed by atoms with van der Waals surface area (Å²) in [5.41, 5.74) is 0. The molecule has 14 heteroatoms. The van der Waals surface area contributed by atoms with Crippen LogP contribution in [0.2, 0.25) is 0 Å². The van der Waals surface area contributed by atoms with E-state index in [4.69, 9.17) is 18.9 Å². The van der Waals surface area contributed by atoms with Gasteiger partial charge < -0.3 is 65.1 Å². The summed E-state index contributed by atoms with van der Waals surface area (Å²) < 4.78 is 22.8. The van der Waals surface area contributed by atoms with Gasteiger partial charge >= 0.3 is 0 Å². The highest BCUT2D eigenvalue weighted by atomic mass is 16.7. The highest BCUT2D eigenvalue weighted by molar-refractivity contribution is 5.76. The lowest BCUT2D eigenvalue weighted by Gasteiger charge is -2.46. The number of hydrogen-bond acceptors (Lipinski definition) is 13. The molecule has 0 saturated carbocycles. The van der Waals surface area contributed by atoms with Crippen molar-refractivity contribution in [1.29, 1.82) is 0 Å². The molecule has 14 nitrogen and oxygen atoms in total. The second kappa shape index (κ2) is 58.0. The minimum Gasteiger partial charge on any atom is -0.394 e. The Morgan fingerprint density at radius 3 is 1.24 bits per heavy atom. The van der Waals surface area contributed by atoms with Gasteiger partial charge in [0.05, 0.1) is 32.0 Å². The summed E-state index contributed by atoms with van der Waals surface area (Å²) in [5, 5.41) is 87.4. The van der Waals surface area contributed by atoms with Crippen molar-refractivity contribution in [1.82, 2.24) is 5.32 Å². The van der Waals surface area contributed by atoms with Crippen molar-refractivity contribution in [3.05, 3.63) is 134 Å². The van der Waals surface area contributed by atoms with Gasteiger partial charge in [-0.15, -0.1) is 0 Å². The molecule has 9 N–H and O–H groups in total. The number of nitrogens with one attached hydrogen (secondary N) is 1. The maximum atomic E-state index is 13.3. The smallest absolute Gasteiger partial charge is 0.220 e. The van der Waals surface area contributed by atoms with Gasteiger partial charge in [-0.1, -0.05) is 257 Å². The van der Waals surface area contributed by atoms with Gasteiger partial charge in [0.15, 0.2) is 12.6 Å². The van der Waals surface area contributed by atoms with Crippen LogP contribution in [0, 0.1) is 0 Å². The molecule has 0 aromatic heterocycles. The number of unbranched alkanes of at least 4 members (excludes halogenated alkanes) is 22. The highest BCUT2D eigenvalue weighted by Crippen LogP contribution is 2.30. The van der Waals surface area contributed by atoms with Gasteiger partial charge in [-0.05, 0) is 109 Å². The van der Waals surface area contributed by atoms with E-state index in [1.807, 2.05) is 6.08 Å². The Morgan fingerprint density at radius 2 is 0.787 bits per heavy atom. The van der Waals surface area contributed by atoms with E-state index in [1.54, 1.807) is 6.08 Å². The van der Waals surface area contributed by atoms with Crippen LogP contribution in [0.25, 0.3) is 0 Å². The lowest BCUT2D eigenvalue weighted by atomic mass is 9.97. The first-order valence-corrected chi connectivity index (χ1v) is 34.9. The predicted molar refractivity (Wildman–Crippen MR) is 364 cm³/mol. The average Bonchev–Trinajstić information content (AvgIpc) is 2.75. The molecule has 2 heterocycles. The number of aliphatic hydroxyl groups excluding tert-OH is 8. The standard InChI is InChI=1S/C75H125NO13/c1-3-5-7-9-11-13-15-17-19-21-23-25-27-29-31-33-34-36-38-40-42-44-46-48-50-52-54-56-58-64(79)63(62-86-74-72(85)70(83)73(66(61-78)88-74)89-75-71(84)69(82)68(81)65(60-77)87-75)76-67(80)59-57-55-53-51-49-47-45-43-41-39-37-35-32-30-28-26-24-22-20-18-16-14-12-10-8-6-4-2/h6,8,12,14,18,20,24,26,30,32,37,39-40,42-43,45,48-51,56,58,63-66,68-75,77-79,81-85H,3-5,7,9-11,13,15-17,19,21-23,25,27-29,31,33-36,38,41,44,46-47,52-55,57,59-62H2,1-2H3,(H,76,80)/b8-6-,14-12-,20-18-,26-24-,32-30-,39-37-,42-40+,45-43-,50-48+,51-49-,58-56+. The zero-order chi connectivity index (χ0) is 64.5. The number of hydrogen-bond donors (Lipinski definition) is 9. The Balaban J connectivity index is 1.75. The minimum absolute atomic E-state index is 0.205. The summed E-state index contributed by atoms with van der Waals surface area (Å²) in [6.07, 6.45) is 69.4. The molecular weight excluding hydrogens is 1120 g/mol. The van der Waals surface area contributed by atoms with Crippen LogP contribution in [0.3, 0.4) is 0 Å². The number of allylic oxidation sites excluding steroid dienone is 21. The van der Waals surface area contributed by atoms with E-state index in [-0.39, 0.29) is 18.9 Å². The molecule has 12 unspecified atom stereocenters. The number of carbonyl (C=O) groups is 1. The normalized spacial score (nSPS) is 23.9. The van der Waals surface area contributed by atoms with Gasteiger partial charge in [0.25, 0.3) is 0 Å². The van der Waals surface area contributed by atoms with E-state index in [1.165, 1.54) is 116 Å². The van der Waals surface area contributed by atoms with Gasteiger partial charge in [0, 0.05) is 6.42 Å². The number of carbonyl (C=O) groups excluding carboxylic acids is 1. The number of aliphatic hydroxyl groups is 8. The monoisotopic (exact) mass is 1250 g/mol. The van der Waals surface area contributed by atoms with E-state index >= 15 is 0 Å². The zero-order valence-electron chi connectivity index (χ0n) is 55.1. The second-order valence-corrected chi connectivity index (χ2v) is 23.9. The molecule has 0 aliphatic carbocycles. The van der Waals surface area contributed by atoms with Crippen molar-refractivity contribution in [2.24, 2.45) is 0 Å². The van der Waals surface area contributed by atoms with Crippen LogP contribution in [0.4, 0.5) is 0 Å². The Morgan fingerprint density at radius 1 is 0.416 bits per heavy atom. The summed E-state index contributed by atoms with van der Waals surface area (Å²) in [7, 11) is 0. The van der Waals surface area contributed by atoms with Crippen LogP contribution in [0.1, 0.15) is 239 Å². The Kier molecular flexibility index (Phi) is 52.9. The highest BCUT2D eigenvalue weighted by Gasteiger charge is 2.51. The lowest BCUT2D eigenvalue weighted by Crippen LogP contribution is -2.65. The molecule has 2 rings (SSSR count). The van der Waals surface area contributed by atoms with Gasteiger partial charge in [-0.2, -0.15) is 0 Å². The van der Waals surface area contributed by atoms with Crippen LogP contribution < -0.4 is 5.32 Å². The fraction of sp³-hybridized carbons (Fsp3) is 0.693. The van der Waals surface area contributed by atoms with Crippen molar-refractivity contribution in [2.45, 2.75) is 312 Å². The predicted octanol–water partition coefficient (Wildman–Crippen LogP) is 14.3. The van der Waals surface area contributed by atoms with Crippen molar-refractivity contribution in [2.75, 3.05) is 19.8 Å². The largest absolute Gasteiger partial charge is 0.394 e. The van der Waals surface area contributed by atoms with Crippen molar-refractivity contribution in [3.63, 3.8) is 0 Å². The van der Waals surface area contributed by atoms with E-state index in [0.717, 1.165) is 89.9 Å². The lowest BCUT2D eigenvalue weighted by molar-refractivity contribution is -0.359. The number of rotatable bonds is 55. The Bertz CT molecular complexity index is 2010. The van der Waals surface area contributed by atoms with Crippen molar-refractivity contribution >= 4 is 5.91 Å². The van der Waals surface area contributed by atoms with Crippen LogP contribution in [0.5, 0.6) is 0 Å². The molecule has 2 aliphatic rings. The molecule has 89 heavy (non-hydrogen) atoms. The summed E-state index contributed by atoms with van der Waals surface area (Å²) in [6, 6.07) is -0.974. The summed E-state index contributed by atoms with van der Waals surface area (Å²) in [5.74, 6) is -0.300. The Labute approximate surface area is 539 Å². The quantitative estimate of drug-likeness (QED) is 0.0204. The molecule has 0 aromatic rings. The van der Waals surface area contributed by atoms with Gasteiger partial charge in [0.2, 0.25) is 5.91 Å². The molecule has 2 fully saturated rings. The van der Waals surface area contributed by atoms with Crippen LogP contribution in [0.15, 0.2) is 134 Å². The molecule has 2 saturated heterocycles. The maximum absolute atomic E-state index is 13.3. The second-order valence-electron chi connectivity index (χ2n) is 23.9.